The zero-order valence-electron chi connectivity index (χ0n) is 14.0. The van der Waals surface area contributed by atoms with Gasteiger partial charge >= 0.3 is 0 Å². The lowest BCUT2D eigenvalue weighted by Crippen LogP contribution is -2.32. The lowest BCUT2D eigenvalue weighted by atomic mass is 10.0. The molecular formula is C18H29NO4. The molecule has 0 saturated carbocycles. The summed E-state index contributed by atoms with van der Waals surface area (Å²) in [4.78, 5) is 20.8. The summed E-state index contributed by atoms with van der Waals surface area (Å²) in [6.45, 7) is 2.05. The van der Waals surface area contributed by atoms with Gasteiger partial charge in [-0.05, 0) is 38.5 Å². The first-order chi connectivity index (χ1) is 11.1. The molecule has 0 radical (unpaired) electrons. The molecule has 0 aromatic rings. The number of allylic oxidation sites excluding steroid dienone is 4. The monoisotopic (exact) mass is 323 g/mol. The summed E-state index contributed by atoms with van der Waals surface area (Å²) < 4.78 is 0. The first-order valence-corrected chi connectivity index (χ1v) is 8.33. The van der Waals surface area contributed by atoms with Crippen LogP contribution in [0.5, 0.6) is 0 Å². The van der Waals surface area contributed by atoms with Gasteiger partial charge in [0, 0.05) is 17.8 Å². The van der Waals surface area contributed by atoms with Crippen LogP contribution in [0.3, 0.4) is 0 Å². The standard InChI is InChI=1S/C18H29NO4/c1-2-3-4-5-8-11-14-17(19(22)23)18(21)15-12-9-6-7-10-13-16-20/h3-4,8-9,11-12,16-18,21H,2,5-7,10,13-15H2,1H3/b4-3-,11-8-,12-9-. The molecule has 2 unspecified atom stereocenters. The van der Waals surface area contributed by atoms with Crippen molar-refractivity contribution in [3.63, 3.8) is 0 Å². The van der Waals surface area contributed by atoms with E-state index < -0.39 is 17.1 Å². The Morgan fingerprint density at radius 1 is 1.00 bits per heavy atom. The smallest absolute Gasteiger partial charge is 0.242 e. The van der Waals surface area contributed by atoms with Crippen LogP contribution >= 0.6 is 0 Å². The predicted octanol–water partition coefficient (Wildman–Crippen LogP) is 4.00. The van der Waals surface area contributed by atoms with Gasteiger partial charge in [-0.3, -0.25) is 10.1 Å². The van der Waals surface area contributed by atoms with Gasteiger partial charge in [0.25, 0.3) is 0 Å². The Morgan fingerprint density at radius 2 is 1.65 bits per heavy atom. The number of aldehydes is 1. The van der Waals surface area contributed by atoms with Crippen molar-refractivity contribution in [2.45, 2.75) is 70.4 Å². The maximum absolute atomic E-state index is 11.1. The fraction of sp³-hybridized carbons (Fsp3) is 0.611. The molecule has 0 aliphatic heterocycles. The lowest BCUT2D eigenvalue weighted by Gasteiger charge is -2.12. The van der Waals surface area contributed by atoms with Gasteiger partial charge in [0.05, 0.1) is 0 Å². The molecule has 0 spiro atoms. The Balaban J connectivity index is 4.11. The van der Waals surface area contributed by atoms with E-state index in [4.69, 9.17) is 0 Å². The van der Waals surface area contributed by atoms with Crippen molar-refractivity contribution in [3.8, 4) is 0 Å². The van der Waals surface area contributed by atoms with E-state index in [0.717, 1.165) is 38.4 Å². The first kappa shape index (κ1) is 21.2. The summed E-state index contributed by atoms with van der Waals surface area (Å²) in [6, 6.07) is -0.971. The summed E-state index contributed by atoms with van der Waals surface area (Å²) in [5.74, 6) is 0. The topological polar surface area (TPSA) is 80.4 Å². The highest BCUT2D eigenvalue weighted by Gasteiger charge is 2.27. The van der Waals surface area contributed by atoms with E-state index in [1.165, 1.54) is 0 Å². The van der Waals surface area contributed by atoms with Crippen LogP contribution < -0.4 is 0 Å². The molecule has 0 rings (SSSR count). The minimum atomic E-state index is -0.980. The van der Waals surface area contributed by atoms with Gasteiger partial charge in [-0.1, -0.05) is 43.4 Å². The zero-order chi connectivity index (χ0) is 17.3. The predicted molar refractivity (Wildman–Crippen MR) is 92.9 cm³/mol. The Hall–Kier alpha value is -1.75. The van der Waals surface area contributed by atoms with E-state index in [9.17, 15) is 20.0 Å². The van der Waals surface area contributed by atoms with Crippen molar-refractivity contribution in [2.24, 2.45) is 0 Å². The molecule has 0 amide bonds. The molecule has 0 bridgehead atoms. The minimum absolute atomic E-state index is 0.237. The van der Waals surface area contributed by atoms with Crippen LogP contribution in [0.1, 0.15) is 58.3 Å². The van der Waals surface area contributed by atoms with Gasteiger partial charge in [-0.2, -0.15) is 0 Å². The Kier molecular flexibility index (Phi) is 14.0. The van der Waals surface area contributed by atoms with Crippen LogP contribution in [-0.2, 0) is 4.79 Å². The third-order valence-corrected chi connectivity index (χ3v) is 3.42. The van der Waals surface area contributed by atoms with Crippen LogP contribution in [0.2, 0.25) is 0 Å². The van der Waals surface area contributed by atoms with Crippen LogP contribution in [0.4, 0.5) is 0 Å². The number of nitro groups is 1. The van der Waals surface area contributed by atoms with Gasteiger partial charge in [-0.15, -0.1) is 0 Å². The molecule has 5 heteroatoms. The molecule has 2 atom stereocenters. The van der Waals surface area contributed by atoms with E-state index >= 15 is 0 Å². The number of carbonyl (C=O) groups excluding carboxylic acids is 1. The second-order valence-electron chi connectivity index (χ2n) is 5.40. The van der Waals surface area contributed by atoms with E-state index in [1.54, 1.807) is 12.2 Å². The number of carbonyl (C=O) groups is 1. The number of nitrogens with zero attached hydrogens (tertiary/aromatic N) is 1. The third-order valence-electron chi connectivity index (χ3n) is 3.42. The maximum atomic E-state index is 11.1. The maximum Gasteiger partial charge on any atom is 0.242 e. The van der Waals surface area contributed by atoms with E-state index in [-0.39, 0.29) is 12.8 Å². The normalized spacial score (nSPS) is 14.7. The lowest BCUT2D eigenvalue weighted by molar-refractivity contribution is -0.533. The molecule has 130 valence electrons. The van der Waals surface area contributed by atoms with Crippen molar-refractivity contribution in [2.75, 3.05) is 0 Å². The first-order valence-electron chi connectivity index (χ1n) is 8.33. The van der Waals surface area contributed by atoms with Gasteiger partial charge in [0.1, 0.15) is 12.4 Å². The molecule has 0 aromatic heterocycles. The summed E-state index contributed by atoms with van der Waals surface area (Å²) >= 11 is 0. The molecule has 0 aliphatic rings. The number of unbranched alkanes of at least 4 members (excludes halogenated alkanes) is 3. The van der Waals surface area contributed by atoms with E-state index in [2.05, 4.69) is 6.92 Å². The van der Waals surface area contributed by atoms with E-state index in [0.29, 0.717) is 6.42 Å². The Bertz CT molecular complexity index is 402. The second-order valence-corrected chi connectivity index (χ2v) is 5.40. The van der Waals surface area contributed by atoms with Crippen molar-refractivity contribution in [3.05, 3.63) is 46.6 Å². The number of rotatable bonds is 14. The second kappa shape index (κ2) is 15.2. The minimum Gasteiger partial charge on any atom is -0.386 e. The van der Waals surface area contributed by atoms with Crippen molar-refractivity contribution < 1.29 is 14.8 Å². The number of aliphatic hydroxyl groups excluding tert-OH is 1. The van der Waals surface area contributed by atoms with Crippen LogP contribution in [0.15, 0.2) is 36.5 Å². The van der Waals surface area contributed by atoms with Gasteiger partial charge in [-0.25, -0.2) is 0 Å². The third kappa shape index (κ3) is 12.5. The molecule has 0 saturated heterocycles. The summed E-state index contributed by atoms with van der Waals surface area (Å²) in [5.41, 5.74) is 0. The molecule has 0 heterocycles. The average molecular weight is 323 g/mol. The van der Waals surface area contributed by atoms with Crippen LogP contribution in [-0.4, -0.2) is 28.5 Å². The molecule has 0 aliphatic carbocycles. The average Bonchev–Trinajstić information content (AvgIpc) is 2.52. The number of aliphatic hydroxyl groups is 1. The van der Waals surface area contributed by atoms with Crippen molar-refractivity contribution in [1.29, 1.82) is 0 Å². The highest BCUT2D eigenvalue weighted by Crippen LogP contribution is 2.10. The quantitative estimate of drug-likeness (QED) is 0.172. The fourth-order valence-electron chi connectivity index (χ4n) is 2.06. The largest absolute Gasteiger partial charge is 0.386 e. The van der Waals surface area contributed by atoms with Crippen molar-refractivity contribution >= 4 is 6.29 Å². The molecule has 0 fully saturated rings. The molecular weight excluding hydrogens is 294 g/mol. The van der Waals surface area contributed by atoms with Crippen molar-refractivity contribution in [1.82, 2.24) is 0 Å². The number of hydrogen-bond acceptors (Lipinski definition) is 4. The highest BCUT2D eigenvalue weighted by atomic mass is 16.6. The zero-order valence-corrected chi connectivity index (χ0v) is 14.0. The highest BCUT2D eigenvalue weighted by molar-refractivity contribution is 5.48. The summed E-state index contributed by atoms with van der Waals surface area (Å²) in [5, 5.41) is 21.0. The number of hydrogen-bond donors (Lipinski definition) is 1. The van der Waals surface area contributed by atoms with Gasteiger partial charge in [0.15, 0.2) is 0 Å². The molecule has 0 aromatic carbocycles. The molecule has 23 heavy (non-hydrogen) atoms. The Labute approximate surface area is 138 Å². The summed E-state index contributed by atoms with van der Waals surface area (Å²) in [6.07, 6.45) is 16.8. The van der Waals surface area contributed by atoms with Gasteiger partial charge < -0.3 is 9.90 Å². The van der Waals surface area contributed by atoms with Crippen LogP contribution in [0.25, 0.3) is 0 Å². The van der Waals surface area contributed by atoms with Gasteiger partial charge in [0.2, 0.25) is 6.04 Å². The fourth-order valence-corrected chi connectivity index (χ4v) is 2.06. The Morgan fingerprint density at radius 3 is 2.30 bits per heavy atom. The molecule has 1 N–H and O–H groups in total. The van der Waals surface area contributed by atoms with Crippen LogP contribution in [0, 0.1) is 10.1 Å². The SMILES string of the molecule is CC/C=C\C/C=C\CC(C(O)C/C=C\CCCCC=O)[N+](=O)[O-]. The van der Waals surface area contributed by atoms with E-state index in [1.807, 2.05) is 24.3 Å². The summed E-state index contributed by atoms with van der Waals surface area (Å²) in [7, 11) is 0. The molecule has 5 nitrogen and oxygen atoms in total.